The van der Waals surface area contributed by atoms with Gasteiger partial charge in [-0.15, -0.1) is 0 Å². The van der Waals surface area contributed by atoms with E-state index in [0.29, 0.717) is 42.2 Å². The van der Waals surface area contributed by atoms with E-state index in [2.05, 4.69) is 4.98 Å². The molecule has 2 aromatic heterocycles. The van der Waals surface area contributed by atoms with E-state index in [-0.39, 0.29) is 11.7 Å². The highest BCUT2D eigenvalue weighted by Crippen LogP contribution is 2.32. The van der Waals surface area contributed by atoms with Gasteiger partial charge in [-0.1, -0.05) is 0 Å². The van der Waals surface area contributed by atoms with Gasteiger partial charge < -0.3 is 9.32 Å². The van der Waals surface area contributed by atoms with Crippen LogP contribution in [0, 0.1) is 13.8 Å². The zero-order valence-corrected chi connectivity index (χ0v) is 13.3. The Kier molecular flexibility index (Phi) is 3.11. The molecule has 0 spiro atoms. The van der Waals surface area contributed by atoms with Gasteiger partial charge in [0, 0.05) is 37.8 Å². The molecule has 0 fully saturated rings. The number of nitrogens with zero attached hydrogens (tertiary/aromatic N) is 2. The maximum Gasteiger partial charge on any atom is 0.258 e. The minimum absolute atomic E-state index is 0.0284. The lowest BCUT2D eigenvalue weighted by Gasteiger charge is -2.16. The van der Waals surface area contributed by atoms with Crippen LogP contribution in [0.4, 0.5) is 0 Å². The van der Waals surface area contributed by atoms with Crippen molar-refractivity contribution in [2.24, 2.45) is 0 Å². The maximum absolute atomic E-state index is 13.0. The van der Waals surface area contributed by atoms with E-state index in [4.69, 9.17) is 4.42 Å². The second-order valence-corrected chi connectivity index (χ2v) is 6.36. The number of ketones is 1. The topological polar surface area (TPSA) is 63.4 Å². The largest absolute Gasteiger partial charge is 0.465 e. The molecule has 118 valence electrons. The molecule has 0 saturated carbocycles. The standard InChI is InChI=1S/C18H18N2O3/c1-10-6-12-8-20(9-13(12)7-19-10)18(22)16-11(2)23-15-5-3-4-14(21)17(15)16/h6-7H,3-5,8-9H2,1-2H3. The number of hydrogen-bond acceptors (Lipinski definition) is 4. The van der Waals surface area contributed by atoms with E-state index < -0.39 is 0 Å². The Hall–Kier alpha value is -2.43. The lowest BCUT2D eigenvalue weighted by atomic mass is 9.93. The summed E-state index contributed by atoms with van der Waals surface area (Å²) in [5, 5.41) is 0. The molecule has 1 aliphatic carbocycles. The fraction of sp³-hybridized carbons (Fsp3) is 0.389. The molecule has 0 saturated heterocycles. The molecule has 0 N–H and O–H groups in total. The van der Waals surface area contributed by atoms with Crippen molar-refractivity contribution in [2.45, 2.75) is 46.2 Å². The highest BCUT2D eigenvalue weighted by Gasteiger charge is 2.34. The normalized spacial score (nSPS) is 16.4. The first-order valence-electron chi connectivity index (χ1n) is 7.93. The monoisotopic (exact) mass is 310 g/mol. The molecule has 23 heavy (non-hydrogen) atoms. The van der Waals surface area contributed by atoms with E-state index in [1.54, 1.807) is 11.8 Å². The number of furan rings is 1. The van der Waals surface area contributed by atoms with Crippen LogP contribution in [0.2, 0.25) is 0 Å². The van der Waals surface area contributed by atoms with Crippen molar-refractivity contribution in [1.82, 2.24) is 9.88 Å². The molecule has 5 heteroatoms. The molecule has 0 aromatic carbocycles. The van der Waals surface area contributed by atoms with Crippen LogP contribution in [-0.4, -0.2) is 21.6 Å². The number of aryl methyl sites for hydroxylation is 3. The quantitative estimate of drug-likeness (QED) is 0.812. The number of rotatable bonds is 1. The number of fused-ring (bicyclic) bond motifs is 2. The Labute approximate surface area is 134 Å². The Morgan fingerprint density at radius 1 is 1.22 bits per heavy atom. The van der Waals surface area contributed by atoms with Crippen LogP contribution in [0.3, 0.4) is 0 Å². The van der Waals surface area contributed by atoms with Crippen LogP contribution >= 0.6 is 0 Å². The van der Waals surface area contributed by atoms with Crippen molar-refractivity contribution in [1.29, 1.82) is 0 Å². The molecule has 0 radical (unpaired) electrons. The molecule has 3 heterocycles. The van der Waals surface area contributed by atoms with Gasteiger partial charge in [-0.05, 0) is 37.5 Å². The molecule has 2 aromatic rings. The number of carbonyl (C=O) groups is 2. The van der Waals surface area contributed by atoms with Gasteiger partial charge in [0.15, 0.2) is 5.78 Å². The Bertz CT molecular complexity index is 835. The van der Waals surface area contributed by atoms with Crippen molar-refractivity contribution in [3.05, 3.63) is 51.7 Å². The third kappa shape index (κ3) is 2.19. The SMILES string of the molecule is Cc1cc2c(cn1)CN(C(=O)c1c(C)oc3c1C(=O)CCC3)C2. The van der Waals surface area contributed by atoms with E-state index in [1.807, 2.05) is 19.2 Å². The summed E-state index contributed by atoms with van der Waals surface area (Å²) >= 11 is 0. The summed E-state index contributed by atoms with van der Waals surface area (Å²) in [7, 11) is 0. The first kappa shape index (κ1) is 14.2. The molecule has 1 aliphatic heterocycles. The average molecular weight is 310 g/mol. The molecule has 5 nitrogen and oxygen atoms in total. The first-order chi connectivity index (χ1) is 11.0. The Morgan fingerprint density at radius 3 is 2.83 bits per heavy atom. The smallest absolute Gasteiger partial charge is 0.258 e. The third-order valence-electron chi connectivity index (χ3n) is 4.69. The van der Waals surface area contributed by atoms with Crippen molar-refractivity contribution in [3.63, 3.8) is 0 Å². The van der Waals surface area contributed by atoms with Crippen LogP contribution < -0.4 is 0 Å². The first-order valence-corrected chi connectivity index (χ1v) is 7.93. The molecule has 0 atom stereocenters. The summed E-state index contributed by atoms with van der Waals surface area (Å²) in [6, 6.07) is 2.02. The van der Waals surface area contributed by atoms with E-state index in [9.17, 15) is 9.59 Å². The second kappa shape index (κ2) is 5.05. The number of hydrogen-bond donors (Lipinski definition) is 0. The minimum atomic E-state index is -0.114. The summed E-state index contributed by atoms with van der Waals surface area (Å²) in [5.74, 6) is 1.15. The third-order valence-corrected chi connectivity index (χ3v) is 4.69. The van der Waals surface area contributed by atoms with Gasteiger partial charge in [-0.3, -0.25) is 14.6 Å². The summed E-state index contributed by atoms with van der Waals surface area (Å²) in [4.78, 5) is 31.3. The van der Waals surface area contributed by atoms with Gasteiger partial charge in [0.1, 0.15) is 11.5 Å². The lowest BCUT2D eigenvalue weighted by Crippen LogP contribution is -2.27. The minimum Gasteiger partial charge on any atom is -0.465 e. The lowest BCUT2D eigenvalue weighted by molar-refractivity contribution is 0.0744. The maximum atomic E-state index is 13.0. The summed E-state index contributed by atoms with van der Waals surface area (Å²) in [6.45, 7) is 4.81. The molecule has 0 bridgehead atoms. The molecular weight excluding hydrogens is 292 g/mol. The molecule has 4 rings (SSSR count). The van der Waals surface area contributed by atoms with Gasteiger partial charge >= 0.3 is 0 Å². The van der Waals surface area contributed by atoms with Crippen molar-refractivity contribution in [3.8, 4) is 0 Å². The van der Waals surface area contributed by atoms with Gasteiger partial charge in [-0.2, -0.15) is 0 Å². The van der Waals surface area contributed by atoms with Crippen molar-refractivity contribution in [2.75, 3.05) is 0 Å². The second-order valence-electron chi connectivity index (χ2n) is 6.36. The molecular formula is C18H18N2O3. The number of carbonyl (C=O) groups excluding carboxylic acids is 2. The van der Waals surface area contributed by atoms with Crippen LogP contribution in [0.15, 0.2) is 16.7 Å². The predicted molar refractivity (Wildman–Crippen MR) is 83.3 cm³/mol. The summed E-state index contributed by atoms with van der Waals surface area (Å²) < 4.78 is 5.70. The van der Waals surface area contributed by atoms with Gasteiger partial charge in [0.2, 0.25) is 0 Å². The number of Topliss-reactive ketones (excluding diaryl/α,β-unsaturated/α-hetero) is 1. The predicted octanol–water partition coefficient (Wildman–Crippen LogP) is 2.97. The van der Waals surface area contributed by atoms with Gasteiger partial charge in [0.25, 0.3) is 5.91 Å². The number of amides is 1. The van der Waals surface area contributed by atoms with Crippen molar-refractivity contribution < 1.29 is 14.0 Å². The highest BCUT2D eigenvalue weighted by atomic mass is 16.3. The number of pyridine rings is 1. The molecule has 2 aliphatic rings. The van der Waals surface area contributed by atoms with Crippen LogP contribution in [0.25, 0.3) is 0 Å². The van der Waals surface area contributed by atoms with E-state index in [0.717, 1.165) is 29.7 Å². The molecule has 1 amide bonds. The van der Waals surface area contributed by atoms with Gasteiger partial charge in [0.05, 0.1) is 11.1 Å². The van der Waals surface area contributed by atoms with Crippen LogP contribution in [-0.2, 0) is 19.5 Å². The average Bonchev–Trinajstić information content (AvgIpc) is 3.07. The number of aromatic nitrogens is 1. The molecule has 0 unspecified atom stereocenters. The summed E-state index contributed by atoms with van der Waals surface area (Å²) in [6.07, 6.45) is 3.86. The van der Waals surface area contributed by atoms with E-state index >= 15 is 0 Å². The Morgan fingerprint density at radius 2 is 2.00 bits per heavy atom. The Balaban J connectivity index is 1.69. The van der Waals surface area contributed by atoms with E-state index in [1.165, 1.54) is 0 Å². The highest BCUT2D eigenvalue weighted by molar-refractivity contribution is 6.10. The van der Waals surface area contributed by atoms with Crippen molar-refractivity contribution >= 4 is 11.7 Å². The summed E-state index contributed by atoms with van der Waals surface area (Å²) in [5.41, 5.74) is 4.13. The van der Waals surface area contributed by atoms with Crippen LogP contribution in [0.5, 0.6) is 0 Å². The fourth-order valence-corrected chi connectivity index (χ4v) is 3.57. The van der Waals surface area contributed by atoms with Gasteiger partial charge in [-0.25, -0.2) is 0 Å². The zero-order chi connectivity index (χ0) is 16.1. The van der Waals surface area contributed by atoms with Crippen LogP contribution in [0.1, 0.15) is 61.9 Å². The fourth-order valence-electron chi connectivity index (χ4n) is 3.57. The zero-order valence-electron chi connectivity index (χ0n) is 13.3.